The molecule has 11 heteroatoms. The van der Waals surface area contributed by atoms with Crippen LogP contribution in [0.1, 0.15) is 36.7 Å². The Morgan fingerprint density at radius 3 is 2.02 bits per heavy atom. The number of carbonyl (C=O) groups is 4. The molecule has 0 atom stereocenters. The smallest absolute Gasteiger partial charge is 0.272 e. The summed E-state index contributed by atoms with van der Waals surface area (Å²) in [5.74, 6) is -1.70. The Morgan fingerprint density at radius 1 is 0.704 bits per heavy atom. The minimum atomic E-state index is -0.532. The molecule has 0 aliphatic heterocycles. The summed E-state index contributed by atoms with van der Waals surface area (Å²) in [7, 11) is 0. The average Bonchev–Trinajstić information content (AvgIpc) is 3.52. The van der Waals surface area contributed by atoms with Gasteiger partial charge < -0.3 is 21.3 Å². The van der Waals surface area contributed by atoms with Crippen molar-refractivity contribution in [2.24, 2.45) is 0 Å². The zero-order valence-electron chi connectivity index (χ0n) is 29.0. The van der Waals surface area contributed by atoms with E-state index in [4.69, 9.17) is 0 Å². The Kier molecular flexibility index (Phi) is 12.1. The number of thioether (sulfide) groups is 1. The van der Waals surface area contributed by atoms with E-state index in [1.807, 2.05) is 60.7 Å². The molecule has 6 aromatic rings. The Morgan fingerprint density at radius 2 is 1.33 bits per heavy atom. The highest BCUT2D eigenvalue weighted by Crippen LogP contribution is 2.33. The summed E-state index contributed by atoms with van der Waals surface area (Å²) >= 11 is 2.28. The number of rotatable bonds is 12. The van der Waals surface area contributed by atoms with Gasteiger partial charge in [0.05, 0.1) is 16.2 Å². The van der Waals surface area contributed by atoms with Crippen molar-refractivity contribution >= 4 is 69.2 Å². The first-order chi connectivity index (χ1) is 26.3. The van der Waals surface area contributed by atoms with E-state index in [-0.39, 0.29) is 28.8 Å². The molecule has 6 rings (SSSR count). The number of para-hydroxylation sites is 1. The van der Waals surface area contributed by atoms with Crippen LogP contribution in [-0.2, 0) is 9.59 Å². The number of thiophene rings is 1. The molecular formula is C43H33N5O4S2. The van der Waals surface area contributed by atoms with Crippen molar-refractivity contribution in [1.82, 2.24) is 5.32 Å². The van der Waals surface area contributed by atoms with Crippen LogP contribution in [0.25, 0.3) is 17.2 Å². The van der Waals surface area contributed by atoms with Gasteiger partial charge in [-0.25, -0.2) is 0 Å². The van der Waals surface area contributed by atoms with E-state index in [0.717, 1.165) is 22.5 Å². The van der Waals surface area contributed by atoms with E-state index in [1.165, 1.54) is 11.8 Å². The second-order valence-corrected chi connectivity index (χ2v) is 13.9. The van der Waals surface area contributed by atoms with E-state index < -0.39 is 11.8 Å². The van der Waals surface area contributed by atoms with Crippen LogP contribution in [0.15, 0.2) is 150 Å². The van der Waals surface area contributed by atoms with Crippen LogP contribution in [0.4, 0.5) is 16.4 Å². The van der Waals surface area contributed by atoms with Gasteiger partial charge in [-0.3, -0.25) is 19.2 Å². The third kappa shape index (κ3) is 9.57. The molecule has 0 spiro atoms. The number of hydrogen-bond donors (Lipinski definition) is 4. The fraction of sp³-hybridized carbons (Fsp3) is 0.0465. The van der Waals surface area contributed by atoms with Crippen LogP contribution < -0.4 is 21.3 Å². The number of nitriles is 1. The Bertz CT molecular complexity index is 2370. The van der Waals surface area contributed by atoms with Crippen molar-refractivity contribution < 1.29 is 19.2 Å². The number of amides is 4. The monoisotopic (exact) mass is 747 g/mol. The first-order valence-corrected chi connectivity index (χ1v) is 18.5. The molecule has 266 valence electrons. The largest absolute Gasteiger partial charge is 0.321 e. The molecule has 0 saturated carbocycles. The lowest BCUT2D eigenvalue weighted by molar-refractivity contribution is -0.114. The van der Waals surface area contributed by atoms with Crippen LogP contribution in [0, 0.1) is 18.3 Å². The lowest BCUT2D eigenvalue weighted by Gasteiger charge is -2.12. The molecule has 0 saturated heterocycles. The van der Waals surface area contributed by atoms with Crippen LogP contribution in [-0.4, -0.2) is 29.4 Å². The molecule has 9 nitrogen and oxygen atoms in total. The first kappa shape index (κ1) is 37.0. The molecule has 5 aromatic carbocycles. The molecule has 54 heavy (non-hydrogen) atoms. The summed E-state index contributed by atoms with van der Waals surface area (Å²) in [5, 5.41) is 21.3. The number of hydrogen-bond acceptors (Lipinski definition) is 7. The average molecular weight is 748 g/mol. The molecule has 0 aliphatic rings. The van der Waals surface area contributed by atoms with Gasteiger partial charge in [0.2, 0.25) is 5.91 Å². The Hall–Kier alpha value is -6.74. The number of carbonyl (C=O) groups excluding carboxylic acids is 4. The number of nitrogens with one attached hydrogen (secondary N) is 4. The van der Waals surface area contributed by atoms with Gasteiger partial charge >= 0.3 is 0 Å². The summed E-state index contributed by atoms with van der Waals surface area (Å²) in [4.78, 5) is 53.8. The maximum atomic E-state index is 13.7. The maximum absolute atomic E-state index is 13.7. The second kappa shape index (κ2) is 17.7. The molecular weight excluding hydrogens is 715 g/mol. The van der Waals surface area contributed by atoms with Crippen molar-refractivity contribution in [2.75, 3.05) is 21.7 Å². The Labute approximate surface area is 320 Å². The maximum Gasteiger partial charge on any atom is 0.272 e. The van der Waals surface area contributed by atoms with Gasteiger partial charge in [0.25, 0.3) is 17.7 Å². The fourth-order valence-corrected chi connectivity index (χ4v) is 7.17. The SMILES string of the molecule is Cc1c(C(=O)Nc2ccccc2)sc(NC(=O)CSc2cccc(NC(=O)/C(=C\c3ccc(-c4ccccc4)cc3)NC(=O)c3ccccc3)c2)c1C#N. The third-order valence-corrected chi connectivity index (χ3v) is 10.3. The molecule has 0 bridgehead atoms. The van der Waals surface area contributed by atoms with Crippen LogP contribution in [0.2, 0.25) is 0 Å². The van der Waals surface area contributed by atoms with E-state index in [0.29, 0.717) is 42.8 Å². The molecule has 0 radical (unpaired) electrons. The predicted molar refractivity (Wildman–Crippen MR) is 216 cm³/mol. The molecule has 0 aliphatic carbocycles. The van der Waals surface area contributed by atoms with Gasteiger partial charge in [0.15, 0.2) is 0 Å². The van der Waals surface area contributed by atoms with Gasteiger partial charge in [0, 0.05) is 21.8 Å². The summed E-state index contributed by atoms with van der Waals surface area (Å²) in [5.41, 5.74) is 5.03. The number of nitrogens with zero attached hydrogens (tertiary/aromatic N) is 1. The summed E-state index contributed by atoms with van der Waals surface area (Å²) in [6.07, 6.45) is 1.62. The van der Waals surface area contributed by atoms with E-state index in [2.05, 4.69) is 27.3 Å². The van der Waals surface area contributed by atoms with Gasteiger partial charge in [0.1, 0.15) is 16.8 Å². The van der Waals surface area contributed by atoms with Gasteiger partial charge in [-0.05, 0) is 77.7 Å². The van der Waals surface area contributed by atoms with Crippen molar-refractivity contribution in [3.63, 3.8) is 0 Å². The van der Waals surface area contributed by atoms with Crippen molar-refractivity contribution in [3.8, 4) is 17.2 Å². The van der Waals surface area contributed by atoms with Gasteiger partial charge in [-0.1, -0.05) is 97.1 Å². The van der Waals surface area contributed by atoms with Crippen LogP contribution in [0.5, 0.6) is 0 Å². The molecule has 4 N–H and O–H groups in total. The topological polar surface area (TPSA) is 140 Å². The Balaban J connectivity index is 1.12. The zero-order chi connectivity index (χ0) is 37.9. The van der Waals surface area contributed by atoms with Gasteiger partial charge in [-0.15, -0.1) is 23.1 Å². The highest BCUT2D eigenvalue weighted by molar-refractivity contribution is 8.00. The molecule has 4 amide bonds. The van der Waals surface area contributed by atoms with Crippen molar-refractivity contribution in [3.05, 3.63) is 172 Å². The van der Waals surface area contributed by atoms with E-state index in [9.17, 15) is 24.4 Å². The highest BCUT2D eigenvalue weighted by Gasteiger charge is 2.22. The van der Waals surface area contributed by atoms with Crippen LogP contribution >= 0.6 is 23.1 Å². The second-order valence-electron chi connectivity index (χ2n) is 11.9. The summed E-state index contributed by atoms with van der Waals surface area (Å²) in [6.45, 7) is 1.68. The molecule has 1 heterocycles. The van der Waals surface area contributed by atoms with Crippen molar-refractivity contribution in [2.45, 2.75) is 11.8 Å². The molecule has 0 unspecified atom stereocenters. The minimum absolute atomic E-state index is 0.00201. The lowest BCUT2D eigenvalue weighted by atomic mass is 10.0. The predicted octanol–water partition coefficient (Wildman–Crippen LogP) is 8.99. The fourth-order valence-electron chi connectivity index (χ4n) is 5.35. The minimum Gasteiger partial charge on any atom is -0.321 e. The van der Waals surface area contributed by atoms with E-state index >= 15 is 0 Å². The van der Waals surface area contributed by atoms with Crippen molar-refractivity contribution in [1.29, 1.82) is 5.26 Å². The number of benzene rings is 5. The first-order valence-electron chi connectivity index (χ1n) is 16.7. The molecule has 0 fully saturated rings. The third-order valence-electron chi connectivity index (χ3n) is 8.07. The summed E-state index contributed by atoms with van der Waals surface area (Å²) in [6, 6.07) is 44.3. The highest BCUT2D eigenvalue weighted by atomic mass is 32.2. The molecule has 1 aromatic heterocycles. The number of anilines is 3. The normalized spacial score (nSPS) is 10.9. The lowest BCUT2D eigenvalue weighted by Crippen LogP contribution is -2.30. The van der Waals surface area contributed by atoms with E-state index in [1.54, 1.807) is 91.9 Å². The zero-order valence-corrected chi connectivity index (χ0v) is 30.6. The van der Waals surface area contributed by atoms with Crippen LogP contribution in [0.3, 0.4) is 0 Å². The quantitative estimate of drug-likeness (QED) is 0.0728. The standard InChI is InChI=1S/C43H33N5O4S2/c1-28-36(26-44)43(54-39(28)42(52)45-33-16-9-4-10-17-33)48-38(49)27-53-35-19-11-18-34(25-35)46-41(51)37(47-40(50)32-14-7-3-8-15-32)24-29-20-22-31(23-21-29)30-12-5-2-6-13-30/h2-25H,27H2,1H3,(H,45,52)(H,46,51)(H,47,50)(H,48,49)/b37-24+. The van der Waals surface area contributed by atoms with Gasteiger partial charge in [-0.2, -0.15) is 5.26 Å². The summed E-state index contributed by atoms with van der Waals surface area (Å²) < 4.78 is 0.